The van der Waals surface area contributed by atoms with Gasteiger partial charge >= 0.3 is 6.18 Å². The van der Waals surface area contributed by atoms with Crippen LogP contribution in [0, 0.1) is 36.5 Å². The second-order valence-corrected chi connectivity index (χ2v) is 10.2. The molecule has 0 aliphatic heterocycles. The fourth-order valence-electron chi connectivity index (χ4n) is 5.74. The predicted molar refractivity (Wildman–Crippen MR) is 114 cm³/mol. The van der Waals surface area contributed by atoms with Crippen LogP contribution in [-0.2, 0) is 0 Å². The van der Waals surface area contributed by atoms with Crippen molar-refractivity contribution in [2.45, 2.75) is 102 Å². The number of hydrogen-bond donors (Lipinski definition) is 4. The fourth-order valence-corrected chi connectivity index (χ4v) is 5.74. The average Bonchev–Trinajstić information content (AvgIpc) is 2.71. The van der Waals surface area contributed by atoms with E-state index >= 15 is 4.39 Å². The summed E-state index contributed by atoms with van der Waals surface area (Å²) in [6, 6.07) is -0.487. The number of nitrogens with one attached hydrogen (secondary N) is 2. The largest absolute Gasteiger partial charge is 0.428 e. The monoisotopic (exact) mass is 489 g/mol. The van der Waals surface area contributed by atoms with E-state index in [1.165, 1.54) is 0 Å². The molecule has 194 valence electrons. The lowest BCUT2D eigenvalue weighted by atomic mass is 9.64. The summed E-state index contributed by atoms with van der Waals surface area (Å²) < 4.78 is 83.2. The van der Waals surface area contributed by atoms with Crippen molar-refractivity contribution in [3.05, 3.63) is 6.92 Å². The molecular weight excluding hydrogens is 450 g/mol. The molecule has 2 rings (SSSR count). The van der Waals surface area contributed by atoms with Gasteiger partial charge in [0.25, 0.3) is 11.6 Å². The molecule has 0 aromatic heterocycles. The van der Waals surface area contributed by atoms with Crippen molar-refractivity contribution in [3.63, 3.8) is 0 Å². The zero-order valence-electron chi connectivity index (χ0n) is 19.6. The minimum atomic E-state index is -5.70. The van der Waals surface area contributed by atoms with Gasteiger partial charge in [-0.3, -0.25) is 10.6 Å². The molecule has 4 nitrogen and oxygen atoms in total. The summed E-state index contributed by atoms with van der Waals surface area (Å²) in [7, 11) is 0. The van der Waals surface area contributed by atoms with Gasteiger partial charge < -0.3 is 10.2 Å². The highest BCUT2D eigenvalue weighted by Crippen LogP contribution is 2.55. The first-order valence-electron chi connectivity index (χ1n) is 11.9. The summed E-state index contributed by atoms with van der Waals surface area (Å²) in [5, 5.41) is 26.2. The van der Waals surface area contributed by atoms with Gasteiger partial charge in [-0.2, -0.15) is 13.2 Å². The summed E-state index contributed by atoms with van der Waals surface area (Å²) in [4.78, 5) is 0. The van der Waals surface area contributed by atoms with Crippen LogP contribution < -0.4 is 10.6 Å². The van der Waals surface area contributed by atoms with Crippen molar-refractivity contribution < 1.29 is 36.6 Å². The Bertz CT molecular complexity index is 591. The van der Waals surface area contributed by atoms with Crippen LogP contribution in [-0.4, -0.2) is 53.0 Å². The van der Waals surface area contributed by atoms with E-state index < -0.39 is 60.4 Å². The van der Waals surface area contributed by atoms with Crippen LogP contribution in [0.25, 0.3) is 0 Å². The Morgan fingerprint density at radius 1 is 1.00 bits per heavy atom. The number of halogens is 6. The lowest BCUT2D eigenvalue weighted by molar-refractivity contribution is -0.321. The van der Waals surface area contributed by atoms with Gasteiger partial charge in [-0.05, 0) is 63.2 Å². The Hall–Kier alpha value is -0.710. The Morgan fingerprint density at radius 3 is 2.03 bits per heavy atom. The van der Waals surface area contributed by atoms with Gasteiger partial charge in [-0.1, -0.05) is 13.3 Å². The number of alkyl halides is 6. The molecule has 7 atom stereocenters. The van der Waals surface area contributed by atoms with Gasteiger partial charge in [0.2, 0.25) is 0 Å². The van der Waals surface area contributed by atoms with Crippen molar-refractivity contribution >= 4 is 0 Å². The van der Waals surface area contributed by atoms with Crippen LogP contribution >= 0.6 is 0 Å². The topological polar surface area (TPSA) is 64.5 Å². The lowest BCUT2D eigenvalue weighted by Gasteiger charge is -2.46. The summed E-state index contributed by atoms with van der Waals surface area (Å²) in [6.45, 7) is 7.91. The Labute approximate surface area is 192 Å². The van der Waals surface area contributed by atoms with E-state index in [1.807, 2.05) is 0 Å². The van der Waals surface area contributed by atoms with Crippen LogP contribution in [0.5, 0.6) is 0 Å². The molecule has 0 amide bonds. The molecule has 2 aliphatic carbocycles. The third-order valence-electron chi connectivity index (χ3n) is 7.73. The lowest BCUT2D eigenvalue weighted by Crippen LogP contribution is -2.62. The highest BCUT2D eigenvalue weighted by molar-refractivity contribution is 5.07. The van der Waals surface area contributed by atoms with Crippen LogP contribution in [0.4, 0.5) is 26.3 Å². The van der Waals surface area contributed by atoms with Crippen molar-refractivity contribution in [3.8, 4) is 0 Å². The molecular formula is C23H39F6N2O2+. The van der Waals surface area contributed by atoms with E-state index in [2.05, 4.69) is 17.6 Å². The number of hydrogen-bond acceptors (Lipinski definition) is 4. The second-order valence-electron chi connectivity index (χ2n) is 10.2. The maximum atomic E-state index is 15.0. The number of aliphatic hydroxyl groups excluding tert-OH is 2. The predicted octanol–water partition coefficient (Wildman–Crippen LogP) is 4.81. The Morgan fingerprint density at radius 2 is 1.58 bits per heavy atom. The van der Waals surface area contributed by atoms with E-state index in [0.717, 1.165) is 25.7 Å². The van der Waals surface area contributed by atoms with Gasteiger partial charge in [0, 0.05) is 19.4 Å². The molecule has 0 aromatic rings. The van der Waals surface area contributed by atoms with Crippen molar-refractivity contribution in [2.24, 2.45) is 29.6 Å². The molecule has 0 saturated heterocycles. The summed E-state index contributed by atoms with van der Waals surface area (Å²) in [5.41, 5.74) is -4.62. The molecule has 2 aliphatic rings. The molecule has 0 radical (unpaired) electrons. The van der Waals surface area contributed by atoms with Gasteiger partial charge in [-0.25, -0.2) is 13.2 Å². The smallest absolute Gasteiger partial charge is 0.379 e. The highest BCUT2D eigenvalue weighted by Gasteiger charge is 2.73. The standard InChI is InChI=1S/C23H39F6N2O2/c1-5-16-11-18(22(26,21(4,24)25)23(27,28)29)10-13(2)19(16)31-20(33)17-8-6-15(7-9-17)12-30-14(3)32/h13-20,30-33H,2,5-12H2,1,3-4H3/q+1. The molecule has 7 unspecified atom stereocenters. The molecule has 10 heteroatoms. The summed E-state index contributed by atoms with van der Waals surface area (Å²) in [5.74, 6) is -7.42. The minimum Gasteiger partial charge on any atom is -0.379 e. The second kappa shape index (κ2) is 10.9. The molecule has 4 N–H and O–H groups in total. The van der Waals surface area contributed by atoms with Crippen molar-refractivity contribution in [1.29, 1.82) is 0 Å². The van der Waals surface area contributed by atoms with Crippen LogP contribution in [0.1, 0.15) is 65.7 Å². The van der Waals surface area contributed by atoms with E-state index in [1.54, 1.807) is 13.8 Å². The minimum absolute atomic E-state index is 0.0132. The maximum absolute atomic E-state index is 15.0. The molecule has 0 spiro atoms. The zero-order chi connectivity index (χ0) is 25.2. The summed E-state index contributed by atoms with van der Waals surface area (Å²) in [6.07, 6.45) is -4.41. The van der Waals surface area contributed by atoms with E-state index in [-0.39, 0.29) is 19.3 Å². The third kappa shape index (κ3) is 6.49. The Balaban J connectivity index is 2.03. The summed E-state index contributed by atoms with van der Waals surface area (Å²) >= 11 is 0. The molecule has 33 heavy (non-hydrogen) atoms. The van der Waals surface area contributed by atoms with Gasteiger partial charge in [0.15, 0.2) is 0 Å². The zero-order valence-corrected chi connectivity index (χ0v) is 19.6. The molecule has 0 aromatic carbocycles. The fraction of sp³-hybridized carbons (Fsp3) is 0.957. The van der Waals surface area contributed by atoms with E-state index in [4.69, 9.17) is 0 Å². The molecule has 2 saturated carbocycles. The number of aliphatic hydroxyl groups is 2. The normalized spacial score (nSPS) is 35.6. The molecule has 0 bridgehead atoms. The van der Waals surface area contributed by atoms with E-state index in [9.17, 15) is 32.2 Å². The molecule has 2 fully saturated rings. The van der Waals surface area contributed by atoms with Gasteiger partial charge in [0.1, 0.15) is 18.4 Å². The van der Waals surface area contributed by atoms with Gasteiger partial charge in [0.05, 0.1) is 13.0 Å². The first-order valence-corrected chi connectivity index (χ1v) is 11.9. The first kappa shape index (κ1) is 28.5. The molecule has 0 heterocycles. The Kier molecular flexibility index (Phi) is 9.43. The highest BCUT2D eigenvalue weighted by atomic mass is 19.4. The van der Waals surface area contributed by atoms with Crippen molar-refractivity contribution in [1.82, 2.24) is 10.6 Å². The SMILES string of the molecule is [CH2+]C1CC(C(F)(C(C)(F)F)C(F)(F)F)CC(CC)C1NC(O)C1CCC(CNC(C)O)CC1. The van der Waals surface area contributed by atoms with Crippen molar-refractivity contribution in [2.75, 3.05) is 6.54 Å². The third-order valence-corrected chi connectivity index (χ3v) is 7.73. The number of rotatable bonds is 9. The first-order chi connectivity index (χ1) is 15.1. The van der Waals surface area contributed by atoms with Crippen LogP contribution in [0.2, 0.25) is 0 Å². The van der Waals surface area contributed by atoms with E-state index in [0.29, 0.717) is 18.9 Å². The maximum Gasteiger partial charge on any atom is 0.428 e. The van der Waals surface area contributed by atoms with Gasteiger partial charge in [-0.15, -0.1) is 0 Å². The van der Waals surface area contributed by atoms with Crippen LogP contribution in [0.15, 0.2) is 0 Å². The van der Waals surface area contributed by atoms with Crippen LogP contribution in [0.3, 0.4) is 0 Å². The average molecular weight is 490 g/mol. The quantitative estimate of drug-likeness (QED) is 0.213.